The third kappa shape index (κ3) is 4.28. The van der Waals surface area contributed by atoms with Crippen LogP contribution in [-0.4, -0.2) is 25.2 Å². The molecule has 1 aromatic rings. The fourth-order valence-electron chi connectivity index (χ4n) is 2.61. The van der Waals surface area contributed by atoms with Gasteiger partial charge in [0.15, 0.2) is 0 Å². The molecule has 20 heavy (non-hydrogen) atoms. The van der Waals surface area contributed by atoms with Crippen molar-refractivity contribution >= 4 is 11.6 Å². The lowest BCUT2D eigenvalue weighted by Crippen LogP contribution is -2.35. The molecular formula is C15H21FN2O2. The Morgan fingerprint density at radius 3 is 2.95 bits per heavy atom. The van der Waals surface area contributed by atoms with E-state index in [1.165, 1.54) is 18.6 Å². The second kappa shape index (κ2) is 7.36. The Morgan fingerprint density at radius 2 is 2.20 bits per heavy atom. The first-order valence-electron chi connectivity index (χ1n) is 7.06. The lowest BCUT2D eigenvalue weighted by atomic mass is 9.86. The van der Waals surface area contributed by atoms with Crippen molar-refractivity contribution in [2.45, 2.75) is 31.8 Å². The van der Waals surface area contributed by atoms with Crippen LogP contribution in [0.3, 0.4) is 0 Å². The number of nitrogens with one attached hydrogen (secondary N) is 1. The number of carbonyl (C=O) groups excluding carboxylic acids is 1. The summed E-state index contributed by atoms with van der Waals surface area (Å²) in [7, 11) is 0. The first-order valence-corrected chi connectivity index (χ1v) is 7.06. The Balaban J connectivity index is 1.79. The van der Waals surface area contributed by atoms with Gasteiger partial charge in [-0.2, -0.15) is 0 Å². The third-order valence-corrected chi connectivity index (χ3v) is 3.68. The van der Waals surface area contributed by atoms with Gasteiger partial charge in [0.2, 0.25) is 5.91 Å². The van der Waals surface area contributed by atoms with E-state index in [0.29, 0.717) is 18.2 Å². The standard InChI is InChI=1S/C15H21FN2O2/c16-12-5-3-6-13(8-12)18-15(19)10-20-14-7-2-1-4-11(14)9-17/h3,5-6,8,11,14H,1-2,4,7,9-10,17H2,(H,18,19). The van der Waals surface area contributed by atoms with E-state index in [-0.39, 0.29) is 24.4 Å². The number of nitrogens with two attached hydrogens (primary N) is 1. The van der Waals surface area contributed by atoms with Crippen molar-refractivity contribution in [1.82, 2.24) is 0 Å². The lowest BCUT2D eigenvalue weighted by molar-refractivity contribution is -0.124. The highest BCUT2D eigenvalue weighted by Gasteiger charge is 2.25. The molecule has 5 heteroatoms. The number of anilines is 1. The number of ether oxygens (including phenoxy) is 1. The van der Waals surface area contributed by atoms with Crippen molar-refractivity contribution in [1.29, 1.82) is 0 Å². The van der Waals surface area contributed by atoms with Gasteiger partial charge in [0.1, 0.15) is 12.4 Å². The summed E-state index contributed by atoms with van der Waals surface area (Å²) in [6, 6.07) is 5.81. The van der Waals surface area contributed by atoms with E-state index in [2.05, 4.69) is 5.32 Å². The van der Waals surface area contributed by atoms with Crippen molar-refractivity contribution in [3.63, 3.8) is 0 Å². The second-order valence-electron chi connectivity index (χ2n) is 5.19. The maximum atomic E-state index is 13.0. The van der Waals surface area contributed by atoms with Gasteiger partial charge in [0.25, 0.3) is 0 Å². The van der Waals surface area contributed by atoms with Crippen LogP contribution in [-0.2, 0) is 9.53 Å². The Hall–Kier alpha value is -1.46. The van der Waals surface area contributed by atoms with Crippen molar-refractivity contribution in [3.8, 4) is 0 Å². The number of rotatable bonds is 5. The van der Waals surface area contributed by atoms with Crippen molar-refractivity contribution in [2.24, 2.45) is 11.7 Å². The minimum Gasteiger partial charge on any atom is -0.368 e. The Kier molecular flexibility index (Phi) is 5.49. The maximum absolute atomic E-state index is 13.0. The van der Waals surface area contributed by atoms with Gasteiger partial charge in [0, 0.05) is 5.69 Å². The van der Waals surface area contributed by atoms with Crippen LogP contribution >= 0.6 is 0 Å². The van der Waals surface area contributed by atoms with E-state index in [1.54, 1.807) is 12.1 Å². The summed E-state index contributed by atoms with van der Waals surface area (Å²) in [4.78, 5) is 11.8. The highest BCUT2D eigenvalue weighted by molar-refractivity contribution is 5.91. The lowest BCUT2D eigenvalue weighted by Gasteiger charge is -2.30. The monoisotopic (exact) mass is 280 g/mol. The summed E-state index contributed by atoms with van der Waals surface area (Å²) in [5.41, 5.74) is 6.16. The predicted molar refractivity (Wildman–Crippen MR) is 75.8 cm³/mol. The molecule has 0 spiro atoms. The third-order valence-electron chi connectivity index (χ3n) is 3.68. The van der Waals surface area contributed by atoms with E-state index in [9.17, 15) is 9.18 Å². The van der Waals surface area contributed by atoms with Crippen LogP contribution in [0.4, 0.5) is 10.1 Å². The number of carbonyl (C=O) groups is 1. The fraction of sp³-hybridized carbons (Fsp3) is 0.533. The number of benzene rings is 1. The van der Waals surface area contributed by atoms with Crippen LogP contribution in [0.5, 0.6) is 0 Å². The maximum Gasteiger partial charge on any atom is 0.250 e. The summed E-state index contributed by atoms with van der Waals surface area (Å²) >= 11 is 0. The number of halogens is 1. The number of amides is 1. The van der Waals surface area contributed by atoms with E-state index in [0.717, 1.165) is 19.3 Å². The first kappa shape index (κ1) is 14.9. The Morgan fingerprint density at radius 1 is 1.40 bits per heavy atom. The normalized spacial score (nSPS) is 22.5. The molecule has 1 aliphatic carbocycles. The molecule has 3 N–H and O–H groups in total. The minimum absolute atomic E-state index is 0.0162. The molecule has 2 rings (SSSR count). The Bertz CT molecular complexity index is 453. The second-order valence-corrected chi connectivity index (χ2v) is 5.19. The molecule has 0 aromatic heterocycles. The smallest absolute Gasteiger partial charge is 0.250 e. The summed E-state index contributed by atoms with van der Waals surface area (Å²) in [6.07, 6.45) is 4.37. The van der Waals surface area contributed by atoms with Gasteiger partial charge in [-0.25, -0.2) is 4.39 Å². The van der Waals surface area contributed by atoms with E-state index >= 15 is 0 Å². The molecule has 0 aliphatic heterocycles. The fourth-order valence-corrected chi connectivity index (χ4v) is 2.61. The van der Waals surface area contributed by atoms with Crippen LogP contribution in [0.2, 0.25) is 0 Å². The minimum atomic E-state index is -0.376. The molecule has 1 amide bonds. The van der Waals surface area contributed by atoms with Crippen molar-refractivity contribution in [3.05, 3.63) is 30.1 Å². The number of hydrogen-bond donors (Lipinski definition) is 2. The van der Waals surface area contributed by atoms with Gasteiger partial charge in [-0.3, -0.25) is 4.79 Å². The highest BCUT2D eigenvalue weighted by Crippen LogP contribution is 2.26. The zero-order valence-corrected chi connectivity index (χ0v) is 11.5. The Labute approximate surface area is 118 Å². The van der Waals surface area contributed by atoms with Crippen molar-refractivity contribution in [2.75, 3.05) is 18.5 Å². The molecule has 1 fully saturated rings. The van der Waals surface area contributed by atoms with Gasteiger partial charge in [-0.1, -0.05) is 18.9 Å². The van der Waals surface area contributed by atoms with Crippen LogP contribution in [0.1, 0.15) is 25.7 Å². The first-order chi connectivity index (χ1) is 9.69. The van der Waals surface area contributed by atoms with Crippen LogP contribution < -0.4 is 11.1 Å². The van der Waals surface area contributed by atoms with Gasteiger partial charge in [-0.15, -0.1) is 0 Å². The molecule has 1 saturated carbocycles. The van der Waals surface area contributed by atoms with Crippen LogP contribution in [0, 0.1) is 11.7 Å². The molecule has 4 nitrogen and oxygen atoms in total. The molecule has 1 aromatic carbocycles. The van der Waals surface area contributed by atoms with Crippen LogP contribution in [0.25, 0.3) is 0 Å². The van der Waals surface area contributed by atoms with Crippen molar-refractivity contribution < 1.29 is 13.9 Å². The van der Waals surface area contributed by atoms with E-state index in [1.807, 2.05) is 0 Å². The zero-order valence-electron chi connectivity index (χ0n) is 11.5. The van der Waals surface area contributed by atoms with Crippen LogP contribution in [0.15, 0.2) is 24.3 Å². The summed E-state index contributed by atoms with van der Waals surface area (Å²) in [5, 5.41) is 2.62. The molecule has 2 unspecified atom stereocenters. The predicted octanol–water partition coefficient (Wildman–Crippen LogP) is 2.30. The quantitative estimate of drug-likeness (QED) is 0.870. The zero-order chi connectivity index (χ0) is 14.4. The average molecular weight is 280 g/mol. The van der Waals surface area contributed by atoms with E-state index in [4.69, 9.17) is 10.5 Å². The van der Waals surface area contributed by atoms with E-state index < -0.39 is 0 Å². The molecule has 2 atom stereocenters. The summed E-state index contributed by atoms with van der Waals surface area (Å²) in [5.74, 6) is -0.304. The van der Waals surface area contributed by atoms with Gasteiger partial charge in [0.05, 0.1) is 6.10 Å². The molecule has 110 valence electrons. The highest BCUT2D eigenvalue weighted by atomic mass is 19.1. The number of hydrogen-bond acceptors (Lipinski definition) is 3. The SMILES string of the molecule is NCC1CCCCC1OCC(=O)Nc1cccc(F)c1. The molecule has 0 heterocycles. The average Bonchev–Trinajstić information content (AvgIpc) is 2.45. The van der Waals surface area contributed by atoms with Gasteiger partial charge >= 0.3 is 0 Å². The van der Waals surface area contributed by atoms with Gasteiger partial charge in [-0.05, 0) is 43.5 Å². The molecule has 1 aliphatic rings. The molecule has 0 saturated heterocycles. The molecular weight excluding hydrogens is 259 g/mol. The topological polar surface area (TPSA) is 64.3 Å². The largest absolute Gasteiger partial charge is 0.368 e. The molecule has 0 bridgehead atoms. The molecule has 0 radical (unpaired) electrons. The summed E-state index contributed by atoms with van der Waals surface area (Å²) < 4.78 is 18.7. The van der Waals surface area contributed by atoms with Gasteiger partial charge < -0.3 is 15.8 Å². The summed E-state index contributed by atoms with van der Waals surface area (Å²) in [6.45, 7) is 0.577.